The van der Waals surface area contributed by atoms with Crippen molar-refractivity contribution in [2.45, 2.75) is 13.5 Å². The second kappa shape index (κ2) is 6.41. The first-order valence-corrected chi connectivity index (χ1v) is 7.67. The SMILES string of the molecule is COCCn1c(-c2cc(C)c(=O)n(C)c2)nc2cc(C=O)ccc21. The highest BCUT2D eigenvalue weighted by Crippen LogP contribution is 2.25. The number of aldehydes is 1. The van der Waals surface area contributed by atoms with E-state index in [0.717, 1.165) is 28.7 Å². The average Bonchev–Trinajstić information content (AvgIpc) is 2.94. The molecule has 3 aromatic rings. The highest BCUT2D eigenvalue weighted by molar-refractivity contribution is 5.87. The molecule has 0 atom stereocenters. The maximum atomic E-state index is 11.9. The summed E-state index contributed by atoms with van der Waals surface area (Å²) >= 11 is 0. The van der Waals surface area contributed by atoms with Crippen LogP contribution in [0.4, 0.5) is 0 Å². The van der Waals surface area contributed by atoms with E-state index < -0.39 is 0 Å². The molecule has 0 amide bonds. The van der Waals surface area contributed by atoms with Gasteiger partial charge in [-0.3, -0.25) is 9.59 Å². The summed E-state index contributed by atoms with van der Waals surface area (Å²) < 4.78 is 8.81. The number of rotatable bonds is 5. The summed E-state index contributed by atoms with van der Waals surface area (Å²) in [5, 5.41) is 0. The molecule has 0 bridgehead atoms. The number of methoxy groups -OCH3 is 1. The molecule has 6 nitrogen and oxygen atoms in total. The Balaban J connectivity index is 2.25. The summed E-state index contributed by atoms with van der Waals surface area (Å²) in [5.41, 5.74) is 3.75. The number of aromatic nitrogens is 3. The van der Waals surface area contributed by atoms with Gasteiger partial charge in [0.1, 0.15) is 12.1 Å². The Morgan fingerprint density at radius 3 is 2.75 bits per heavy atom. The van der Waals surface area contributed by atoms with Crippen molar-refractivity contribution in [1.82, 2.24) is 14.1 Å². The molecule has 0 unspecified atom stereocenters. The molecular weight excluding hydrogens is 306 g/mol. The molecule has 0 N–H and O–H groups in total. The van der Waals surface area contributed by atoms with E-state index in [1.807, 2.05) is 16.7 Å². The smallest absolute Gasteiger partial charge is 0.253 e. The minimum absolute atomic E-state index is 0.0263. The van der Waals surface area contributed by atoms with E-state index in [2.05, 4.69) is 4.98 Å². The third kappa shape index (κ3) is 2.76. The summed E-state index contributed by atoms with van der Waals surface area (Å²) in [6.45, 7) is 2.96. The average molecular weight is 325 g/mol. The first-order valence-electron chi connectivity index (χ1n) is 7.67. The summed E-state index contributed by atoms with van der Waals surface area (Å²) in [6, 6.07) is 7.27. The summed E-state index contributed by atoms with van der Waals surface area (Å²) in [4.78, 5) is 27.6. The van der Waals surface area contributed by atoms with E-state index >= 15 is 0 Å². The summed E-state index contributed by atoms with van der Waals surface area (Å²) in [5.74, 6) is 0.754. The first kappa shape index (κ1) is 16.1. The first-order chi connectivity index (χ1) is 11.5. The molecule has 0 saturated heterocycles. The van der Waals surface area contributed by atoms with Crippen LogP contribution >= 0.6 is 0 Å². The van der Waals surface area contributed by atoms with E-state index in [0.29, 0.717) is 24.3 Å². The Kier molecular flexibility index (Phi) is 4.31. The topological polar surface area (TPSA) is 66.1 Å². The van der Waals surface area contributed by atoms with Crippen LogP contribution < -0.4 is 5.56 Å². The number of imidazole rings is 1. The standard InChI is InChI=1S/C18H19N3O3/c1-12-8-14(10-20(2)18(12)23)17-19-15-9-13(11-22)4-5-16(15)21(17)6-7-24-3/h4-5,8-11H,6-7H2,1-3H3. The molecule has 124 valence electrons. The van der Waals surface area contributed by atoms with Crippen molar-refractivity contribution < 1.29 is 9.53 Å². The molecule has 1 aromatic carbocycles. The molecule has 0 spiro atoms. The number of fused-ring (bicyclic) bond motifs is 1. The molecule has 0 fully saturated rings. The number of nitrogens with zero attached hydrogens (tertiary/aromatic N) is 3. The van der Waals surface area contributed by atoms with Crippen LogP contribution in [0.3, 0.4) is 0 Å². The van der Waals surface area contributed by atoms with Crippen molar-refractivity contribution in [1.29, 1.82) is 0 Å². The van der Waals surface area contributed by atoms with Gasteiger partial charge in [-0.05, 0) is 31.2 Å². The zero-order valence-corrected chi connectivity index (χ0v) is 13.9. The van der Waals surface area contributed by atoms with Crippen molar-refractivity contribution in [3.63, 3.8) is 0 Å². The Hall–Kier alpha value is -2.73. The van der Waals surface area contributed by atoms with Gasteiger partial charge >= 0.3 is 0 Å². The van der Waals surface area contributed by atoms with E-state index in [1.54, 1.807) is 44.0 Å². The minimum atomic E-state index is -0.0263. The lowest BCUT2D eigenvalue weighted by Gasteiger charge is -2.10. The van der Waals surface area contributed by atoms with Gasteiger partial charge in [0.15, 0.2) is 0 Å². The van der Waals surface area contributed by atoms with Crippen LogP contribution in [0.25, 0.3) is 22.4 Å². The van der Waals surface area contributed by atoms with Crippen molar-refractivity contribution in [2.24, 2.45) is 7.05 Å². The Morgan fingerprint density at radius 1 is 1.29 bits per heavy atom. The van der Waals surface area contributed by atoms with Crippen molar-refractivity contribution >= 4 is 17.3 Å². The molecule has 2 aromatic heterocycles. The molecule has 0 aliphatic rings. The van der Waals surface area contributed by atoms with Crippen LogP contribution in [0, 0.1) is 6.92 Å². The van der Waals surface area contributed by atoms with E-state index in [4.69, 9.17) is 4.74 Å². The van der Waals surface area contributed by atoms with Gasteiger partial charge in [0, 0.05) is 43.6 Å². The molecule has 6 heteroatoms. The van der Waals surface area contributed by atoms with Gasteiger partial charge in [0.05, 0.1) is 17.6 Å². The Bertz CT molecular complexity index is 943. The quantitative estimate of drug-likeness (QED) is 0.674. The predicted molar refractivity (Wildman–Crippen MR) is 92.4 cm³/mol. The number of hydrogen-bond acceptors (Lipinski definition) is 4. The summed E-state index contributed by atoms with van der Waals surface area (Å²) in [7, 11) is 3.38. The van der Waals surface area contributed by atoms with Crippen molar-refractivity contribution in [3.8, 4) is 11.4 Å². The predicted octanol–water partition coefficient (Wildman–Crippen LogP) is 2.17. The van der Waals surface area contributed by atoms with Gasteiger partial charge in [0.25, 0.3) is 5.56 Å². The van der Waals surface area contributed by atoms with Crippen molar-refractivity contribution in [2.75, 3.05) is 13.7 Å². The number of benzene rings is 1. The number of hydrogen-bond donors (Lipinski definition) is 0. The highest BCUT2D eigenvalue weighted by atomic mass is 16.5. The van der Waals surface area contributed by atoms with Crippen LogP contribution in [0.1, 0.15) is 15.9 Å². The molecule has 0 aliphatic carbocycles. The third-order valence-electron chi connectivity index (χ3n) is 4.05. The molecule has 24 heavy (non-hydrogen) atoms. The highest BCUT2D eigenvalue weighted by Gasteiger charge is 2.14. The van der Waals surface area contributed by atoms with Crippen LogP contribution in [0.5, 0.6) is 0 Å². The lowest BCUT2D eigenvalue weighted by molar-refractivity contribution is 0.112. The van der Waals surface area contributed by atoms with Gasteiger partial charge in [-0.1, -0.05) is 0 Å². The Morgan fingerprint density at radius 2 is 2.08 bits per heavy atom. The Labute approximate surface area is 139 Å². The molecule has 0 saturated carbocycles. The third-order valence-corrected chi connectivity index (χ3v) is 4.05. The van der Waals surface area contributed by atoms with Crippen LogP contribution in [0.2, 0.25) is 0 Å². The molecule has 2 heterocycles. The molecule has 3 rings (SSSR count). The minimum Gasteiger partial charge on any atom is -0.383 e. The van der Waals surface area contributed by atoms with Gasteiger partial charge < -0.3 is 13.9 Å². The molecule has 0 aliphatic heterocycles. The van der Waals surface area contributed by atoms with E-state index in [1.165, 1.54) is 0 Å². The number of carbonyl (C=O) groups is 1. The zero-order valence-electron chi connectivity index (χ0n) is 13.9. The maximum Gasteiger partial charge on any atom is 0.253 e. The fraction of sp³-hybridized carbons (Fsp3) is 0.278. The molecular formula is C18H19N3O3. The van der Waals surface area contributed by atoms with Crippen LogP contribution in [-0.4, -0.2) is 34.1 Å². The van der Waals surface area contributed by atoms with Gasteiger partial charge in [-0.2, -0.15) is 0 Å². The van der Waals surface area contributed by atoms with Crippen molar-refractivity contribution in [3.05, 3.63) is 51.9 Å². The lowest BCUT2D eigenvalue weighted by Crippen LogP contribution is -2.19. The summed E-state index contributed by atoms with van der Waals surface area (Å²) in [6.07, 6.45) is 2.59. The van der Waals surface area contributed by atoms with Crippen LogP contribution in [-0.2, 0) is 18.3 Å². The van der Waals surface area contributed by atoms with E-state index in [9.17, 15) is 9.59 Å². The maximum absolute atomic E-state index is 11.9. The fourth-order valence-electron chi connectivity index (χ4n) is 2.85. The monoisotopic (exact) mass is 325 g/mol. The van der Waals surface area contributed by atoms with E-state index in [-0.39, 0.29) is 5.56 Å². The normalized spacial score (nSPS) is 11.1. The van der Waals surface area contributed by atoms with Gasteiger partial charge in [-0.15, -0.1) is 0 Å². The zero-order chi connectivity index (χ0) is 17.3. The number of ether oxygens (including phenoxy) is 1. The second-order valence-corrected chi connectivity index (χ2v) is 5.77. The van der Waals surface area contributed by atoms with Gasteiger partial charge in [-0.25, -0.2) is 4.98 Å². The number of pyridine rings is 1. The number of carbonyl (C=O) groups excluding carboxylic acids is 1. The van der Waals surface area contributed by atoms with Crippen LogP contribution in [0.15, 0.2) is 35.3 Å². The van der Waals surface area contributed by atoms with Gasteiger partial charge in [0.2, 0.25) is 0 Å². The molecule has 0 radical (unpaired) electrons. The second-order valence-electron chi connectivity index (χ2n) is 5.77. The lowest BCUT2D eigenvalue weighted by atomic mass is 10.2. The largest absolute Gasteiger partial charge is 0.383 e. The number of aryl methyl sites for hydroxylation is 2. The fourth-order valence-corrected chi connectivity index (χ4v) is 2.85.